The Morgan fingerprint density at radius 1 is 1.00 bits per heavy atom. The Bertz CT molecular complexity index is 1070. The van der Waals surface area contributed by atoms with E-state index in [-0.39, 0.29) is 12.0 Å². The number of para-hydroxylation sites is 2. The number of piperazine rings is 1. The average molecular weight is 422 g/mol. The molecule has 0 radical (unpaired) electrons. The molecule has 4 rings (SSSR count). The van der Waals surface area contributed by atoms with Crippen LogP contribution in [0.5, 0.6) is 0 Å². The standard InChI is InChI=1S/C23H27N5O3/c1-3-28-20-8-6-5-7-19(20)25-22(28)26-13-15-27(16-14-26)23(30)24-18-11-9-17(10-12-18)21(29)31-4-2/h5-12H,3-4,13-16H2,1-2H3,(H,24,30). The fraction of sp³-hybridized carbons (Fsp3) is 0.348. The Morgan fingerprint density at radius 2 is 1.71 bits per heavy atom. The quantitative estimate of drug-likeness (QED) is 0.637. The summed E-state index contributed by atoms with van der Waals surface area (Å²) in [5.74, 6) is 0.591. The molecule has 162 valence electrons. The zero-order chi connectivity index (χ0) is 21.8. The van der Waals surface area contributed by atoms with E-state index in [4.69, 9.17) is 9.72 Å². The number of carbonyl (C=O) groups is 2. The number of nitrogens with one attached hydrogen (secondary N) is 1. The SMILES string of the molecule is CCOC(=O)c1ccc(NC(=O)N2CCN(c3nc4ccccc4n3CC)CC2)cc1. The Balaban J connectivity index is 1.37. The Morgan fingerprint density at radius 3 is 2.39 bits per heavy atom. The smallest absolute Gasteiger partial charge is 0.338 e. The first-order valence-electron chi connectivity index (χ1n) is 10.6. The third-order valence-electron chi connectivity index (χ3n) is 5.45. The molecule has 8 heteroatoms. The highest BCUT2D eigenvalue weighted by Crippen LogP contribution is 2.23. The van der Waals surface area contributed by atoms with Gasteiger partial charge >= 0.3 is 12.0 Å². The van der Waals surface area contributed by atoms with E-state index < -0.39 is 0 Å². The van der Waals surface area contributed by atoms with Crippen LogP contribution in [0.1, 0.15) is 24.2 Å². The zero-order valence-electron chi connectivity index (χ0n) is 17.9. The summed E-state index contributed by atoms with van der Waals surface area (Å²) >= 11 is 0. The lowest BCUT2D eigenvalue weighted by Gasteiger charge is -2.35. The molecular formula is C23H27N5O3. The Hall–Kier alpha value is -3.55. The van der Waals surface area contributed by atoms with E-state index in [9.17, 15) is 9.59 Å². The third kappa shape index (κ3) is 4.33. The molecule has 1 aliphatic heterocycles. The molecule has 0 spiro atoms. The van der Waals surface area contributed by atoms with Gasteiger partial charge < -0.3 is 24.4 Å². The van der Waals surface area contributed by atoms with Crippen LogP contribution in [0.25, 0.3) is 11.0 Å². The van der Waals surface area contributed by atoms with Gasteiger partial charge in [-0.1, -0.05) is 12.1 Å². The van der Waals surface area contributed by atoms with E-state index in [1.165, 1.54) is 0 Å². The molecule has 3 aromatic rings. The number of fused-ring (bicyclic) bond motifs is 1. The van der Waals surface area contributed by atoms with Crippen molar-refractivity contribution in [3.8, 4) is 0 Å². The molecular weight excluding hydrogens is 394 g/mol. The molecule has 1 aromatic heterocycles. The number of ether oxygens (including phenoxy) is 1. The van der Waals surface area contributed by atoms with Crippen molar-refractivity contribution in [1.29, 1.82) is 0 Å². The average Bonchev–Trinajstić information content (AvgIpc) is 3.18. The van der Waals surface area contributed by atoms with Crippen LogP contribution in [-0.4, -0.2) is 59.2 Å². The monoisotopic (exact) mass is 421 g/mol. The first-order chi connectivity index (χ1) is 15.1. The summed E-state index contributed by atoms with van der Waals surface area (Å²) < 4.78 is 7.20. The van der Waals surface area contributed by atoms with Crippen molar-refractivity contribution < 1.29 is 14.3 Å². The fourth-order valence-electron chi connectivity index (χ4n) is 3.83. The number of imidazole rings is 1. The summed E-state index contributed by atoms with van der Waals surface area (Å²) in [5.41, 5.74) is 3.23. The van der Waals surface area contributed by atoms with Crippen LogP contribution in [0.3, 0.4) is 0 Å². The van der Waals surface area contributed by atoms with E-state index in [0.717, 1.165) is 36.6 Å². The molecule has 0 aliphatic carbocycles. The van der Waals surface area contributed by atoms with Crippen LogP contribution in [-0.2, 0) is 11.3 Å². The van der Waals surface area contributed by atoms with E-state index in [1.807, 2.05) is 18.2 Å². The molecule has 0 bridgehead atoms. The second kappa shape index (κ2) is 9.07. The number of carbonyl (C=O) groups excluding carboxylic acids is 2. The summed E-state index contributed by atoms with van der Waals surface area (Å²) in [6.07, 6.45) is 0. The van der Waals surface area contributed by atoms with Gasteiger partial charge in [-0.25, -0.2) is 14.6 Å². The lowest BCUT2D eigenvalue weighted by Crippen LogP contribution is -2.50. The lowest BCUT2D eigenvalue weighted by atomic mass is 10.2. The molecule has 1 N–H and O–H groups in total. The molecule has 2 aromatic carbocycles. The summed E-state index contributed by atoms with van der Waals surface area (Å²) in [6, 6.07) is 14.7. The van der Waals surface area contributed by atoms with Gasteiger partial charge in [0, 0.05) is 38.4 Å². The number of urea groups is 1. The molecule has 2 amide bonds. The number of esters is 1. The Labute approximate surface area is 181 Å². The minimum Gasteiger partial charge on any atom is -0.462 e. The number of nitrogens with zero attached hydrogens (tertiary/aromatic N) is 4. The highest BCUT2D eigenvalue weighted by atomic mass is 16.5. The van der Waals surface area contributed by atoms with Gasteiger partial charge in [-0.2, -0.15) is 0 Å². The zero-order valence-corrected chi connectivity index (χ0v) is 17.9. The van der Waals surface area contributed by atoms with Crippen LogP contribution >= 0.6 is 0 Å². The van der Waals surface area contributed by atoms with Crippen molar-refractivity contribution >= 4 is 34.7 Å². The van der Waals surface area contributed by atoms with Gasteiger partial charge in [-0.05, 0) is 50.2 Å². The van der Waals surface area contributed by atoms with Crippen molar-refractivity contribution in [2.24, 2.45) is 0 Å². The maximum Gasteiger partial charge on any atom is 0.338 e. The van der Waals surface area contributed by atoms with E-state index in [1.54, 1.807) is 36.1 Å². The normalized spacial score (nSPS) is 14.0. The predicted molar refractivity (Wildman–Crippen MR) is 121 cm³/mol. The van der Waals surface area contributed by atoms with Crippen molar-refractivity contribution in [1.82, 2.24) is 14.5 Å². The molecule has 8 nitrogen and oxygen atoms in total. The van der Waals surface area contributed by atoms with E-state index in [0.29, 0.717) is 30.9 Å². The fourth-order valence-corrected chi connectivity index (χ4v) is 3.83. The van der Waals surface area contributed by atoms with Crippen LogP contribution in [0, 0.1) is 0 Å². The maximum absolute atomic E-state index is 12.7. The largest absolute Gasteiger partial charge is 0.462 e. The first kappa shape index (κ1) is 20.7. The number of aromatic nitrogens is 2. The lowest BCUT2D eigenvalue weighted by molar-refractivity contribution is 0.0526. The highest BCUT2D eigenvalue weighted by Gasteiger charge is 2.24. The van der Waals surface area contributed by atoms with Gasteiger partial charge in [-0.3, -0.25) is 0 Å². The van der Waals surface area contributed by atoms with Gasteiger partial charge in [0.25, 0.3) is 0 Å². The molecule has 1 aliphatic rings. The van der Waals surface area contributed by atoms with Crippen molar-refractivity contribution in [3.63, 3.8) is 0 Å². The number of aryl methyl sites for hydroxylation is 1. The number of amides is 2. The van der Waals surface area contributed by atoms with Crippen LogP contribution in [0.15, 0.2) is 48.5 Å². The van der Waals surface area contributed by atoms with Crippen molar-refractivity contribution in [3.05, 3.63) is 54.1 Å². The van der Waals surface area contributed by atoms with Crippen LogP contribution in [0.4, 0.5) is 16.4 Å². The van der Waals surface area contributed by atoms with Crippen molar-refractivity contribution in [2.45, 2.75) is 20.4 Å². The van der Waals surface area contributed by atoms with Gasteiger partial charge in [0.05, 0.1) is 23.2 Å². The van der Waals surface area contributed by atoms with Crippen LogP contribution in [0.2, 0.25) is 0 Å². The molecule has 0 atom stereocenters. The molecule has 1 saturated heterocycles. The van der Waals surface area contributed by atoms with E-state index >= 15 is 0 Å². The molecule has 1 fully saturated rings. The number of hydrogen-bond donors (Lipinski definition) is 1. The first-order valence-corrected chi connectivity index (χ1v) is 10.6. The second-order valence-corrected chi connectivity index (χ2v) is 7.35. The van der Waals surface area contributed by atoms with Crippen molar-refractivity contribution in [2.75, 3.05) is 43.0 Å². The van der Waals surface area contributed by atoms with E-state index in [2.05, 4.69) is 27.8 Å². The van der Waals surface area contributed by atoms with Crippen LogP contribution < -0.4 is 10.2 Å². The third-order valence-corrected chi connectivity index (χ3v) is 5.45. The molecule has 0 saturated carbocycles. The molecule has 31 heavy (non-hydrogen) atoms. The van der Waals surface area contributed by atoms with Gasteiger partial charge in [0.1, 0.15) is 0 Å². The molecule has 2 heterocycles. The summed E-state index contributed by atoms with van der Waals surface area (Å²) in [6.45, 7) is 7.73. The molecule has 0 unspecified atom stereocenters. The highest BCUT2D eigenvalue weighted by molar-refractivity contribution is 5.92. The predicted octanol–water partition coefficient (Wildman–Crippen LogP) is 3.59. The summed E-state index contributed by atoms with van der Waals surface area (Å²) in [7, 11) is 0. The number of anilines is 2. The number of hydrogen-bond acceptors (Lipinski definition) is 5. The van der Waals surface area contributed by atoms with Gasteiger partial charge in [0.2, 0.25) is 5.95 Å². The van der Waals surface area contributed by atoms with Gasteiger partial charge in [0.15, 0.2) is 0 Å². The minimum absolute atomic E-state index is 0.146. The Kier molecular flexibility index (Phi) is 6.06. The summed E-state index contributed by atoms with van der Waals surface area (Å²) in [4.78, 5) is 33.3. The second-order valence-electron chi connectivity index (χ2n) is 7.35. The maximum atomic E-state index is 12.7. The minimum atomic E-state index is -0.366. The number of rotatable bonds is 5. The summed E-state index contributed by atoms with van der Waals surface area (Å²) in [5, 5.41) is 2.90. The van der Waals surface area contributed by atoms with Gasteiger partial charge in [-0.15, -0.1) is 0 Å². The number of benzene rings is 2. The topological polar surface area (TPSA) is 79.7 Å².